The minimum absolute atomic E-state index is 0.0287. The van der Waals surface area contributed by atoms with Crippen LogP contribution in [0, 0.1) is 0 Å². The Bertz CT molecular complexity index is 1490. The van der Waals surface area contributed by atoms with Gasteiger partial charge in [0.25, 0.3) is 0 Å². The molecule has 0 spiro atoms. The van der Waals surface area contributed by atoms with Crippen LogP contribution in [0.1, 0.15) is 24.3 Å². The number of phosphoric ester groups is 1. The molecule has 6 atom stereocenters. The van der Waals surface area contributed by atoms with E-state index in [4.69, 9.17) is 25.0 Å². The van der Waals surface area contributed by atoms with Crippen LogP contribution in [0.2, 0.25) is 0 Å². The van der Waals surface area contributed by atoms with E-state index in [-0.39, 0.29) is 36.0 Å². The van der Waals surface area contributed by atoms with Gasteiger partial charge in [-0.1, -0.05) is 30.3 Å². The van der Waals surface area contributed by atoms with Crippen LogP contribution in [0.15, 0.2) is 36.7 Å². The van der Waals surface area contributed by atoms with Crippen molar-refractivity contribution in [3.63, 3.8) is 0 Å². The third-order valence-electron chi connectivity index (χ3n) is 5.30. The summed E-state index contributed by atoms with van der Waals surface area (Å²) < 4.78 is 58.7. The van der Waals surface area contributed by atoms with Crippen molar-refractivity contribution in [1.29, 1.82) is 0 Å². The van der Waals surface area contributed by atoms with E-state index in [2.05, 4.69) is 28.1 Å². The van der Waals surface area contributed by atoms with E-state index in [1.807, 2.05) is 0 Å². The van der Waals surface area contributed by atoms with Gasteiger partial charge in [-0.2, -0.15) is 18.6 Å². The van der Waals surface area contributed by atoms with E-state index in [1.54, 1.807) is 30.3 Å². The Kier molecular flexibility index (Phi) is 9.09. The highest BCUT2D eigenvalue weighted by Crippen LogP contribution is 2.66. The first-order chi connectivity index (χ1) is 18.6. The summed E-state index contributed by atoms with van der Waals surface area (Å²) in [5.41, 5.74) is 6.73. The number of fused-ring (bicyclic) bond motifs is 1. The molecule has 1 fully saturated rings. The van der Waals surface area contributed by atoms with Crippen molar-refractivity contribution >= 4 is 40.6 Å². The number of anilines is 1. The largest absolute Gasteiger partial charge is 0.490 e. The molecule has 220 valence electrons. The quantitative estimate of drug-likeness (QED) is 0.135. The second-order valence-corrected chi connectivity index (χ2v) is 12.7. The number of hydrogen-bond acceptors (Lipinski definition) is 14. The third kappa shape index (κ3) is 7.90. The zero-order valence-corrected chi connectivity index (χ0v) is 22.7. The molecule has 0 radical (unpaired) electrons. The van der Waals surface area contributed by atoms with Crippen molar-refractivity contribution in [3.8, 4) is 5.88 Å². The average molecular weight is 627 g/mol. The van der Waals surface area contributed by atoms with Crippen molar-refractivity contribution in [2.45, 2.75) is 31.0 Å². The lowest BCUT2D eigenvalue weighted by Gasteiger charge is -2.19. The molecule has 19 nitrogen and oxygen atoms in total. The molecule has 0 amide bonds. The summed E-state index contributed by atoms with van der Waals surface area (Å²) in [6, 6.07) is 8.75. The summed E-state index contributed by atoms with van der Waals surface area (Å²) in [4.78, 5) is 48.4. The summed E-state index contributed by atoms with van der Waals surface area (Å²) in [5, 5.41) is 20.8. The van der Waals surface area contributed by atoms with Crippen LogP contribution in [0.5, 0.6) is 5.88 Å². The van der Waals surface area contributed by atoms with Crippen molar-refractivity contribution in [2.24, 2.45) is 0 Å². The molecule has 0 saturated carbocycles. The molecule has 3 heterocycles. The highest BCUT2D eigenvalue weighted by molar-refractivity contribution is 7.66. The van der Waals surface area contributed by atoms with Crippen LogP contribution >= 0.6 is 23.5 Å². The van der Waals surface area contributed by atoms with E-state index in [0.717, 1.165) is 0 Å². The first-order valence-corrected chi connectivity index (χ1v) is 15.6. The van der Waals surface area contributed by atoms with Gasteiger partial charge in [0.15, 0.2) is 11.2 Å². The van der Waals surface area contributed by atoms with E-state index in [9.17, 15) is 33.7 Å². The topological polar surface area (TPSA) is 288 Å². The zero-order valence-electron chi connectivity index (χ0n) is 20.1. The lowest BCUT2D eigenvalue weighted by Crippen LogP contribution is -2.26. The monoisotopic (exact) mass is 627 g/mol. The molecule has 0 aliphatic carbocycles. The van der Waals surface area contributed by atoms with Crippen LogP contribution in [0.4, 0.5) is 5.95 Å². The van der Waals surface area contributed by atoms with Gasteiger partial charge in [0.1, 0.15) is 25.0 Å². The van der Waals surface area contributed by atoms with Gasteiger partial charge in [0.2, 0.25) is 11.8 Å². The van der Waals surface area contributed by atoms with Crippen LogP contribution in [-0.4, -0.2) is 74.7 Å². The summed E-state index contributed by atoms with van der Waals surface area (Å²) in [6.45, 7) is -1.03. The summed E-state index contributed by atoms with van der Waals surface area (Å²) in [5.74, 6) is -0.222. The van der Waals surface area contributed by atoms with E-state index >= 15 is 0 Å². The Morgan fingerprint density at radius 1 is 1.07 bits per heavy atom. The number of nitrogen functional groups attached to an aromatic ring is 1. The molecule has 40 heavy (non-hydrogen) atoms. The van der Waals surface area contributed by atoms with Gasteiger partial charge >= 0.3 is 23.5 Å². The number of imidazole rings is 1. The van der Waals surface area contributed by atoms with Crippen molar-refractivity contribution in [1.82, 2.24) is 19.5 Å². The van der Waals surface area contributed by atoms with Gasteiger partial charge in [-0.25, -0.2) is 18.7 Å². The average Bonchev–Trinajstić information content (AvgIpc) is 3.42. The molecule has 2 aromatic heterocycles. The fourth-order valence-electron chi connectivity index (χ4n) is 3.65. The van der Waals surface area contributed by atoms with E-state index in [0.29, 0.717) is 5.56 Å². The normalized spacial score (nSPS) is 23.5. The summed E-state index contributed by atoms with van der Waals surface area (Å²) in [7, 11) is -16.7. The smallest absolute Gasteiger partial charge is 0.473 e. The minimum atomic E-state index is -5.70. The Hall–Kier alpha value is -2.34. The predicted octanol–water partition coefficient (Wildman–Crippen LogP) is 0.513. The highest BCUT2D eigenvalue weighted by atomic mass is 31.3. The van der Waals surface area contributed by atoms with Gasteiger partial charge in [-0.05, 0) is 5.56 Å². The number of benzene rings is 1. The maximum Gasteiger partial charge on any atom is 0.490 e. The molecule has 3 aromatic rings. The van der Waals surface area contributed by atoms with Gasteiger partial charge < -0.3 is 45.0 Å². The maximum atomic E-state index is 12.0. The van der Waals surface area contributed by atoms with Crippen molar-refractivity contribution in [3.05, 3.63) is 42.2 Å². The van der Waals surface area contributed by atoms with Gasteiger partial charge in [0, 0.05) is 6.42 Å². The van der Waals surface area contributed by atoms with Crippen LogP contribution in [-0.2, 0) is 31.6 Å². The minimum Gasteiger partial charge on any atom is -0.473 e. The molecule has 0 bridgehead atoms. The second-order valence-electron chi connectivity index (χ2n) is 8.27. The molecule has 8 N–H and O–H groups in total. The molecule has 1 aliphatic rings. The fraction of sp³-hybridized carbons (Fsp3) is 0.389. The van der Waals surface area contributed by atoms with Crippen molar-refractivity contribution < 1.29 is 66.1 Å². The standard InChI is InChI=1S/C18H24N5O14P3/c19-18-21-16-15(17(22-18)33-7-12(25)10-4-2-1-3-5-10)20-9-23(16)14-6-11(24)13(35-14)8-34-39(29,30)37-40(31,32)36-38(26,27)28/h1-5,9,11-14,24-25H,6-8H2,(H,29,30)(H,31,32)(H2,19,21,22)(H2,26,27,28)/t11-,12+,13+,14+/m0/s1. The van der Waals surface area contributed by atoms with Gasteiger partial charge in [-0.15, -0.1) is 0 Å². The van der Waals surface area contributed by atoms with Crippen LogP contribution in [0.3, 0.4) is 0 Å². The number of aliphatic hydroxyl groups excluding tert-OH is 2. The molecular formula is C18H24N5O14P3. The SMILES string of the molecule is Nc1nc(OC[C@@H](O)c2ccccc2)c2ncn([C@H]3C[C@H](O)[C@@H](COP(=O)(O)OP(=O)(O)OP(=O)(O)O)O3)c2n1. The molecule has 4 rings (SSSR count). The molecule has 1 aromatic carbocycles. The first kappa shape index (κ1) is 30.6. The van der Waals surface area contributed by atoms with Crippen molar-refractivity contribution in [2.75, 3.05) is 18.9 Å². The first-order valence-electron chi connectivity index (χ1n) is 11.1. The molecule has 1 aliphatic heterocycles. The van der Waals surface area contributed by atoms with Gasteiger partial charge in [-0.3, -0.25) is 9.09 Å². The highest BCUT2D eigenvalue weighted by Gasteiger charge is 2.43. The summed E-state index contributed by atoms with van der Waals surface area (Å²) >= 11 is 0. The second kappa shape index (κ2) is 11.9. The lowest BCUT2D eigenvalue weighted by molar-refractivity contribution is -0.0423. The van der Waals surface area contributed by atoms with E-state index < -0.39 is 54.6 Å². The Morgan fingerprint density at radius 2 is 1.77 bits per heavy atom. The number of nitrogens with two attached hydrogens (primary N) is 1. The molecular weight excluding hydrogens is 603 g/mol. The molecule has 2 unspecified atom stereocenters. The number of phosphoric acid groups is 3. The fourth-order valence-corrected chi connectivity index (χ4v) is 6.68. The molecule has 1 saturated heterocycles. The number of aliphatic hydroxyl groups is 2. The van der Waals surface area contributed by atoms with Gasteiger partial charge in [0.05, 0.1) is 19.0 Å². The Labute approximate surface area is 224 Å². The summed E-state index contributed by atoms with van der Waals surface area (Å²) in [6.07, 6.45) is -3.29. The number of nitrogens with zero attached hydrogens (tertiary/aromatic N) is 4. The Balaban J connectivity index is 1.42. The maximum absolute atomic E-state index is 12.0. The van der Waals surface area contributed by atoms with Crippen LogP contribution in [0.25, 0.3) is 11.2 Å². The predicted molar refractivity (Wildman–Crippen MR) is 131 cm³/mol. The number of rotatable bonds is 12. The number of hydrogen-bond donors (Lipinski definition) is 7. The third-order valence-corrected chi connectivity index (χ3v) is 9.10. The zero-order chi connectivity index (χ0) is 29.3. The van der Waals surface area contributed by atoms with Crippen LogP contribution < -0.4 is 10.5 Å². The Morgan fingerprint density at radius 3 is 2.45 bits per heavy atom. The number of aromatic nitrogens is 4. The number of ether oxygens (including phenoxy) is 2. The lowest BCUT2D eigenvalue weighted by atomic mass is 10.1. The van der Waals surface area contributed by atoms with E-state index in [1.165, 1.54) is 10.9 Å². The molecule has 22 heteroatoms.